The van der Waals surface area contributed by atoms with Crippen molar-refractivity contribution in [3.05, 3.63) is 89.3 Å². The molecule has 0 aromatic heterocycles. The Balaban J connectivity index is 1.70. The minimum Gasteiger partial charge on any atom is -0.629 e. The third-order valence-corrected chi connectivity index (χ3v) is 3.76. The van der Waals surface area contributed by atoms with Gasteiger partial charge in [0.1, 0.15) is 17.1 Å². The minimum atomic E-state index is 0.00737. The number of nitrogens with one attached hydrogen (secondary N) is 3. The Morgan fingerprint density at radius 2 is 1.08 bits per heavy atom. The fourth-order valence-electron chi connectivity index (χ4n) is 2.42. The minimum absolute atomic E-state index is 0.00737. The van der Waals surface area contributed by atoms with Gasteiger partial charge in [0.2, 0.25) is 0 Å². The van der Waals surface area contributed by atoms with Gasteiger partial charge in [0.25, 0.3) is 0 Å². The van der Waals surface area contributed by atoms with Gasteiger partial charge in [-0.15, -0.1) is 0 Å². The Hall–Kier alpha value is -2.70. The molecule has 3 N–H and O–H groups in total. The van der Waals surface area contributed by atoms with E-state index >= 15 is 0 Å². The monoisotopic (exact) mass is 321 g/mol. The van der Waals surface area contributed by atoms with Crippen molar-refractivity contribution in [3.63, 3.8) is 0 Å². The van der Waals surface area contributed by atoms with E-state index in [1.807, 2.05) is 66.7 Å². The standard InChI is InChI=1S/C19H19N3O2/c1-21(23)17-11-7-15(8-12-17)20-16-9-13-19(14-10-16)22(24)18-5-3-2-4-6-18/h2-14,20-22H,1H3. The molecule has 122 valence electrons. The molecule has 5 heteroatoms. The molecule has 0 fully saturated rings. The maximum atomic E-state index is 12.4. The van der Waals surface area contributed by atoms with E-state index in [-0.39, 0.29) is 10.1 Å². The van der Waals surface area contributed by atoms with Crippen LogP contribution in [-0.4, -0.2) is 7.05 Å². The first-order chi connectivity index (χ1) is 11.6. The lowest BCUT2D eigenvalue weighted by Crippen LogP contribution is -2.98. The van der Waals surface area contributed by atoms with Crippen LogP contribution in [0.3, 0.4) is 0 Å². The second-order valence-electron chi connectivity index (χ2n) is 5.53. The number of rotatable bonds is 5. The Bertz CT molecular complexity index is 772. The zero-order valence-corrected chi connectivity index (χ0v) is 13.3. The molecule has 0 bridgehead atoms. The van der Waals surface area contributed by atoms with Gasteiger partial charge < -0.3 is 25.9 Å². The third-order valence-electron chi connectivity index (χ3n) is 3.76. The molecule has 2 atom stereocenters. The second-order valence-corrected chi connectivity index (χ2v) is 5.53. The Labute approximate surface area is 140 Å². The summed E-state index contributed by atoms with van der Waals surface area (Å²) in [5.74, 6) is 0. The lowest BCUT2D eigenvalue weighted by Gasteiger charge is -2.21. The van der Waals surface area contributed by atoms with Gasteiger partial charge in [-0.1, -0.05) is 18.2 Å². The van der Waals surface area contributed by atoms with Gasteiger partial charge in [0.15, 0.2) is 0 Å². The maximum absolute atomic E-state index is 12.4. The molecule has 5 nitrogen and oxygen atoms in total. The van der Waals surface area contributed by atoms with E-state index < -0.39 is 0 Å². The number of hydrogen-bond acceptors (Lipinski definition) is 3. The average molecular weight is 321 g/mol. The number of benzene rings is 3. The van der Waals surface area contributed by atoms with Crippen molar-refractivity contribution in [2.45, 2.75) is 0 Å². The summed E-state index contributed by atoms with van der Waals surface area (Å²) in [6.45, 7) is 0. The molecule has 0 aliphatic heterocycles. The molecule has 3 aromatic rings. The van der Waals surface area contributed by atoms with E-state index in [9.17, 15) is 10.4 Å². The summed E-state index contributed by atoms with van der Waals surface area (Å²) in [6.07, 6.45) is 0. The van der Waals surface area contributed by atoms with Crippen molar-refractivity contribution in [3.8, 4) is 0 Å². The van der Waals surface area contributed by atoms with Crippen molar-refractivity contribution in [2.75, 3.05) is 12.4 Å². The lowest BCUT2D eigenvalue weighted by atomic mass is 10.2. The van der Waals surface area contributed by atoms with Crippen LogP contribution in [0.25, 0.3) is 0 Å². The van der Waals surface area contributed by atoms with Gasteiger partial charge in [0, 0.05) is 35.6 Å². The average Bonchev–Trinajstić information content (AvgIpc) is 2.63. The summed E-state index contributed by atoms with van der Waals surface area (Å²) >= 11 is 0. The molecule has 0 saturated carbocycles. The maximum Gasteiger partial charge on any atom is 0.136 e. The normalized spacial score (nSPS) is 13.3. The van der Waals surface area contributed by atoms with Crippen LogP contribution in [0.2, 0.25) is 0 Å². The van der Waals surface area contributed by atoms with Crippen molar-refractivity contribution in [2.24, 2.45) is 0 Å². The molecule has 0 aliphatic carbocycles. The zero-order valence-electron chi connectivity index (χ0n) is 13.3. The molecule has 3 rings (SSSR count). The highest BCUT2D eigenvalue weighted by Crippen LogP contribution is 2.19. The molecule has 3 aromatic carbocycles. The van der Waals surface area contributed by atoms with Gasteiger partial charge in [-0.3, -0.25) is 0 Å². The van der Waals surface area contributed by atoms with Crippen LogP contribution in [0.15, 0.2) is 78.9 Å². The molecule has 0 amide bonds. The van der Waals surface area contributed by atoms with Crippen LogP contribution in [0.4, 0.5) is 28.4 Å². The van der Waals surface area contributed by atoms with Gasteiger partial charge >= 0.3 is 0 Å². The largest absolute Gasteiger partial charge is 0.629 e. The third kappa shape index (κ3) is 3.79. The first-order valence-corrected chi connectivity index (χ1v) is 7.71. The summed E-state index contributed by atoms with van der Waals surface area (Å²) in [5.41, 5.74) is 3.79. The highest BCUT2D eigenvalue weighted by atomic mass is 16.5. The van der Waals surface area contributed by atoms with Crippen molar-refractivity contribution < 1.29 is 10.1 Å². The topological polar surface area (TPSA) is 67.0 Å². The first kappa shape index (κ1) is 16.2. The van der Waals surface area contributed by atoms with Crippen LogP contribution >= 0.6 is 0 Å². The van der Waals surface area contributed by atoms with Gasteiger partial charge in [-0.25, -0.2) is 0 Å². The highest BCUT2D eigenvalue weighted by molar-refractivity contribution is 5.62. The first-order valence-electron chi connectivity index (χ1n) is 7.71. The van der Waals surface area contributed by atoms with E-state index in [2.05, 4.69) is 5.32 Å². The number of hydrogen-bond donors (Lipinski definition) is 3. The molecule has 0 heterocycles. The molecule has 0 radical (unpaired) electrons. The fourth-order valence-corrected chi connectivity index (χ4v) is 2.42. The SMILES string of the molecule is C[NH+]([O-])c1ccc(Nc2ccc([NH+]([O-])c3ccccc3)cc2)cc1. The van der Waals surface area contributed by atoms with Crippen molar-refractivity contribution >= 4 is 28.4 Å². The fraction of sp³-hybridized carbons (Fsp3) is 0.0526. The summed E-state index contributed by atoms with van der Waals surface area (Å²) < 4.78 is 0. The molecule has 0 aliphatic rings. The Morgan fingerprint density at radius 1 is 0.625 bits per heavy atom. The Kier molecular flexibility index (Phi) is 4.88. The van der Waals surface area contributed by atoms with E-state index in [4.69, 9.17) is 0 Å². The van der Waals surface area contributed by atoms with E-state index in [0.717, 1.165) is 11.4 Å². The molecule has 0 saturated heterocycles. The van der Waals surface area contributed by atoms with Crippen LogP contribution in [0.5, 0.6) is 0 Å². The smallest absolute Gasteiger partial charge is 0.136 e. The summed E-state index contributed by atoms with van der Waals surface area (Å²) in [6, 6.07) is 23.9. The summed E-state index contributed by atoms with van der Waals surface area (Å²) in [5, 5.41) is 27.0. The van der Waals surface area contributed by atoms with E-state index in [1.54, 1.807) is 19.2 Å². The van der Waals surface area contributed by atoms with Crippen molar-refractivity contribution in [1.29, 1.82) is 0 Å². The molecular weight excluding hydrogens is 302 g/mol. The summed E-state index contributed by atoms with van der Waals surface area (Å²) in [4.78, 5) is 0. The number of anilines is 2. The predicted octanol–water partition coefficient (Wildman–Crippen LogP) is 2.42. The predicted molar refractivity (Wildman–Crippen MR) is 96.2 cm³/mol. The van der Waals surface area contributed by atoms with Crippen LogP contribution in [0, 0.1) is 10.4 Å². The summed E-state index contributed by atoms with van der Waals surface area (Å²) in [7, 11) is 1.55. The lowest BCUT2D eigenvalue weighted by molar-refractivity contribution is -0.751. The second kappa shape index (κ2) is 7.25. The van der Waals surface area contributed by atoms with E-state index in [0.29, 0.717) is 17.1 Å². The van der Waals surface area contributed by atoms with E-state index in [1.165, 1.54) is 0 Å². The number of quaternary nitrogens is 2. The van der Waals surface area contributed by atoms with Gasteiger partial charge in [0.05, 0.1) is 7.05 Å². The van der Waals surface area contributed by atoms with Crippen LogP contribution in [0.1, 0.15) is 0 Å². The molecule has 24 heavy (non-hydrogen) atoms. The number of hydroxylamine groups is 1. The van der Waals surface area contributed by atoms with Gasteiger partial charge in [-0.05, 0) is 36.4 Å². The van der Waals surface area contributed by atoms with Crippen LogP contribution in [-0.2, 0) is 0 Å². The quantitative estimate of drug-likeness (QED) is 0.632. The molecule has 0 spiro atoms. The number of para-hydroxylation sites is 1. The molecule has 2 unspecified atom stereocenters. The highest BCUT2D eigenvalue weighted by Gasteiger charge is 2.06. The zero-order chi connectivity index (χ0) is 16.9. The van der Waals surface area contributed by atoms with Gasteiger partial charge in [-0.2, -0.15) is 0 Å². The van der Waals surface area contributed by atoms with Crippen LogP contribution < -0.4 is 15.4 Å². The Morgan fingerprint density at radius 3 is 1.58 bits per heavy atom. The molecular formula is C19H19N3O2. The van der Waals surface area contributed by atoms with Crippen molar-refractivity contribution in [1.82, 2.24) is 0 Å².